The van der Waals surface area contributed by atoms with Gasteiger partial charge in [0.15, 0.2) is 0 Å². The number of hydrogen-bond acceptors (Lipinski definition) is 5. The van der Waals surface area contributed by atoms with Gasteiger partial charge in [-0.2, -0.15) is 0 Å². The van der Waals surface area contributed by atoms with Crippen LogP contribution in [0.25, 0.3) is 11.4 Å². The SMILES string of the molecule is CC(C)N1CCn2c(-c3nc(N)ncc3Cl)cnc2C1. The van der Waals surface area contributed by atoms with E-state index < -0.39 is 0 Å². The molecule has 0 saturated heterocycles. The van der Waals surface area contributed by atoms with Crippen molar-refractivity contribution in [2.75, 3.05) is 12.3 Å². The minimum Gasteiger partial charge on any atom is -0.368 e. The van der Waals surface area contributed by atoms with Gasteiger partial charge in [-0.25, -0.2) is 15.0 Å². The van der Waals surface area contributed by atoms with E-state index in [0.717, 1.165) is 31.2 Å². The number of nitrogens with two attached hydrogens (primary N) is 1. The van der Waals surface area contributed by atoms with Gasteiger partial charge in [0.05, 0.1) is 29.7 Å². The molecule has 0 fully saturated rings. The smallest absolute Gasteiger partial charge is 0.220 e. The number of nitrogens with zero attached hydrogens (tertiary/aromatic N) is 5. The van der Waals surface area contributed by atoms with Crippen LogP contribution in [0.5, 0.6) is 0 Å². The van der Waals surface area contributed by atoms with E-state index in [-0.39, 0.29) is 5.95 Å². The molecule has 3 heterocycles. The number of aromatic nitrogens is 4. The largest absolute Gasteiger partial charge is 0.368 e. The molecule has 0 spiro atoms. The Labute approximate surface area is 122 Å². The molecule has 6 nitrogen and oxygen atoms in total. The Bertz CT molecular complexity index is 636. The molecule has 1 aliphatic rings. The zero-order valence-electron chi connectivity index (χ0n) is 11.5. The van der Waals surface area contributed by atoms with E-state index in [1.54, 1.807) is 0 Å². The van der Waals surface area contributed by atoms with Crippen LogP contribution in [0, 0.1) is 0 Å². The van der Waals surface area contributed by atoms with E-state index >= 15 is 0 Å². The molecule has 2 aromatic rings. The van der Waals surface area contributed by atoms with Gasteiger partial charge in [-0.05, 0) is 13.8 Å². The summed E-state index contributed by atoms with van der Waals surface area (Å²) < 4.78 is 2.16. The van der Waals surface area contributed by atoms with Crippen LogP contribution in [0.4, 0.5) is 5.95 Å². The fraction of sp³-hybridized carbons (Fsp3) is 0.462. The highest BCUT2D eigenvalue weighted by Gasteiger charge is 2.23. The van der Waals surface area contributed by atoms with E-state index in [0.29, 0.717) is 16.8 Å². The molecular weight excluding hydrogens is 276 g/mol. The summed E-state index contributed by atoms with van der Waals surface area (Å²) in [5, 5.41) is 0.494. The molecule has 0 radical (unpaired) electrons. The number of hydrogen-bond donors (Lipinski definition) is 1. The summed E-state index contributed by atoms with van der Waals surface area (Å²) in [6, 6.07) is 0.516. The summed E-state index contributed by atoms with van der Waals surface area (Å²) in [5.41, 5.74) is 7.21. The van der Waals surface area contributed by atoms with Crippen LogP contribution in [-0.4, -0.2) is 37.0 Å². The van der Waals surface area contributed by atoms with E-state index in [4.69, 9.17) is 17.3 Å². The lowest BCUT2D eigenvalue weighted by Gasteiger charge is -2.31. The first-order valence-corrected chi connectivity index (χ1v) is 7.01. The van der Waals surface area contributed by atoms with Gasteiger partial charge in [0.1, 0.15) is 11.5 Å². The van der Waals surface area contributed by atoms with Crippen LogP contribution >= 0.6 is 11.6 Å². The zero-order chi connectivity index (χ0) is 14.3. The van der Waals surface area contributed by atoms with Crippen molar-refractivity contribution in [3.63, 3.8) is 0 Å². The molecule has 7 heteroatoms. The summed E-state index contributed by atoms with van der Waals surface area (Å²) in [6.45, 7) is 7.11. The Morgan fingerprint density at radius 1 is 1.25 bits per heavy atom. The normalized spacial score (nSPS) is 15.6. The summed E-state index contributed by atoms with van der Waals surface area (Å²) in [4.78, 5) is 15.0. The number of nitrogen functional groups attached to an aromatic ring is 1. The number of anilines is 1. The molecule has 106 valence electrons. The number of rotatable bonds is 2. The lowest BCUT2D eigenvalue weighted by atomic mass is 10.2. The van der Waals surface area contributed by atoms with Gasteiger partial charge in [-0.1, -0.05) is 11.6 Å². The third kappa shape index (κ3) is 2.25. The van der Waals surface area contributed by atoms with Crippen molar-refractivity contribution in [1.82, 2.24) is 24.4 Å². The van der Waals surface area contributed by atoms with E-state index in [1.807, 2.05) is 6.20 Å². The fourth-order valence-electron chi connectivity index (χ4n) is 2.47. The summed E-state index contributed by atoms with van der Waals surface area (Å²) in [6.07, 6.45) is 3.34. The molecule has 20 heavy (non-hydrogen) atoms. The van der Waals surface area contributed by atoms with Crippen molar-refractivity contribution >= 4 is 17.5 Å². The molecular formula is C13H17ClN6. The molecule has 0 saturated carbocycles. The van der Waals surface area contributed by atoms with Crippen molar-refractivity contribution in [3.8, 4) is 11.4 Å². The molecule has 0 atom stereocenters. The second-order valence-electron chi connectivity index (χ2n) is 5.20. The van der Waals surface area contributed by atoms with Crippen molar-refractivity contribution in [2.24, 2.45) is 0 Å². The lowest BCUT2D eigenvalue weighted by molar-refractivity contribution is 0.174. The zero-order valence-corrected chi connectivity index (χ0v) is 12.3. The minimum absolute atomic E-state index is 0.222. The van der Waals surface area contributed by atoms with Crippen molar-refractivity contribution in [3.05, 3.63) is 23.2 Å². The Morgan fingerprint density at radius 3 is 2.80 bits per heavy atom. The number of imidazole rings is 1. The van der Waals surface area contributed by atoms with Gasteiger partial charge in [-0.3, -0.25) is 4.90 Å². The maximum Gasteiger partial charge on any atom is 0.220 e. The maximum atomic E-state index is 6.18. The highest BCUT2D eigenvalue weighted by atomic mass is 35.5. The Kier molecular flexibility index (Phi) is 3.35. The van der Waals surface area contributed by atoms with Gasteiger partial charge >= 0.3 is 0 Å². The van der Waals surface area contributed by atoms with Crippen LogP contribution in [0.3, 0.4) is 0 Å². The first kappa shape index (κ1) is 13.3. The monoisotopic (exact) mass is 292 g/mol. The highest BCUT2D eigenvalue weighted by Crippen LogP contribution is 2.28. The van der Waals surface area contributed by atoms with Gasteiger partial charge in [0, 0.05) is 19.1 Å². The Morgan fingerprint density at radius 2 is 2.05 bits per heavy atom. The van der Waals surface area contributed by atoms with Crippen LogP contribution in [0.1, 0.15) is 19.7 Å². The molecule has 0 aromatic carbocycles. The van der Waals surface area contributed by atoms with Gasteiger partial charge in [0.25, 0.3) is 0 Å². The van der Waals surface area contributed by atoms with Crippen LogP contribution in [0.2, 0.25) is 5.02 Å². The average Bonchev–Trinajstić information content (AvgIpc) is 2.84. The predicted molar refractivity (Wildman–Crippen MR) is 78.2 cm³/mol. The van der Waals surface area contributed by atoms with Crippen LogP contribution < -0.4 is 5.73 Å². The lowest BCUT2D eigenvalue weighted by Crippen LogP contribution is -2.38. The van der Waals surface area contributed by atoms with Crippen LogP contribution in [0.15, 0.2) is 12.4 Å². The fourth-order valence-corrected chi connectivity index (χ4v) is 2.66. The first-order chi connectivity index (χ1) is 9.56. The molecule has 2 aromatic heterocycles. The van der Waals surface area contributed by atoms with Crippen molar-refractivity contribution < 1.29 is 0 Å². The number of fused-ring (bicyclic) bond motifs is 1. The number of halogens is 1. The van der Waals surface area contributed by atoms with E-state index in [1.165, 1.54) is 6.20 Å². The summed E-state index contributed by atoms with van der Waals surface area (Å²) in [7, 11) is 0. The predicted octanol–water partition coefficient (Wildman–Crippen LogP) is 1.80. The summed E-state index contributed by atoms with van der Waals surface area (Å²) in [5.74, 6) is 1.26. The van der Waals surface area contributed by atoms with Gasteiger partial charge in [0.2, 0.25) is 5.95 Å². The first-order valence-electron chi connectivity index (χ1n) is 6.63. The Hall–Kier alpha value is -1.66. The molecule has 0 amide bonds. The highest BCUT2D eigenvalue weighted by molar-refractivity contribution is 6.32. The van der Waals surface area contributed by atoms with E-state index in [9.17, 15) is 0 Å². The summed E-state index contributed by atoms with van der Waals surface area (Å²) >= 11 is 6.18. The second kappa shape index (κ2) is 5.03. The molecule has 3 rings (SSSR count). The van der Waals surface area contributed by atoms with Gasteiger partial charge < -0.3 is 10.3 Å². The maximum absolute atomic E-state index is 6.18. The second-order valence-corrected chi connectivity index (χ2v) is 5.61. The molecule has 1 aliphatic heterocycles. The molecule has 0 aliphatic carbocycles. The van der Waals surface area contributed by atoms with Gasteiger partial charge in [-0.15, -0.1) is 0 Å². The third-order valence-electron chi connectivity index (χ3n) is 3.63. The minimum atomic E-state index is 0.222. The topological polar surface area (TPSA) is 72.9 Å². The average molecular weight is 293 g/mol. The third-order valence-corrected chi connectivity index (χ3v) is 3.91. The van der Waals surface area contributed by atoms with Crippen molar-refractivity contribution in [2.45, 2.75) is 33.0 Å². The van der Waals surface area contributed by atoms with Crippen LogP contribution in [-0.2, 0) is 13.1 Å². The van der Waals surface area contributed by atoms with Crippen molar-refractivity contribution in [1.29, 1.82) is 0 Å². The molecule has 2 N–H and O–H groups in total. The quantitative estimate of drug-likeness (QED) is 0.914. The molecule has 0 unspecified atom stereocenters. The Balaban J connectivity index is 2.00. The van der Waals surface area contributed by atoms with E-state index in [2.05, 4.69) is 38.3 Å². The molecule has 0 bridgehead atoms. The standard InChI is InChI=1S/C13H17ClN6/c1-8(2)19-3-4-20-10(6-16-11(20)7-19)12-9(14)5-17-13(15)18-12/h5-6,8H,3-4,7H2,1-2H3,(H2,15,17,18).